The molecule has 0 fully saturated rings. The summed E-state index contributed by atoms with van der Waals surface area (Å²) in [5, 5.41) is 10.5. The molecule has 0 aliphatic heterocycles. The van der Waals surface area contributed by atoms with Crippen LogP contribution in [0.4, 0.5) is 11.4 Å². The number of sulfonamides is 2. The molecule has 0 aliphatic rings. The molecular formula is C16H20Br2N4O6S2. The van der Waals surface area contributed by atoms with Crippen LogP contribution in [0.15, 0.2) is 55.1 Å². The summed E-state index contributed by atoms with van der Waals surface area (Å²) in [5.41, 5.74) is 5.68. The third kappa shape index (κ3) is 6.21. The van der Waals surface area contributed by atoms with Gasteiger partial charge in [0.05, 0.1) is 9.82 Å². The topological polar surface area (TPSA) is 144 Å². The fourth-order valence-electron chi connectivity index (χ4n) is 1.91. The summed E-state index contributed by atoms with van der Waals surface area (Å²) < 4.78 is 50.0. The van der Waals surface area contributed by atoms with Crippen LogP contribution in [0.25, 0.3) is 0 Å². The Morgan fingerprint density at radius 1 is 0.833 bits per heavy atom. The van der Waals surface area contributed by atoms with Crippen LogP contribution in [0.3, 0.4) is 0 Å². The van der Waals surface area contributed by atoms with Crippen molar-refractivity contribution in [3.05, 3.63) is 55.5 Å². The highest BCUT2D eigenvalue weighted by Gasteiger charge is 2.23. The van der Waals surface area contributed by atoms with Gasteiger partial charge in [-0.05, 0) is 56.1 Å². The van der Waals surface area contributed by atoms with E-state index < -0.39 is 25.0 Å². The first-order valence-corrected chi connectivity index (χ1v) is 12.4. The van der Waals surface area contributed by atoms with E-state index >= 15 is 0 Å². The zero-order valence-electron chi connectivity index (χ0n) is 16.4. The molecule has 2 rings (SSSR count). The van der Waals surface area contributed by atoms with Gasteiger partial charge in [0.15, 0.2) is 0 Å². The Kier molecular flexibility index (Phi) is 8.95. The molecule has 0 saturated heterocycles. The molecule has 0 bridgehead atoms. The number of nitrogen functional groups attached to an aromatic ring is 1. The zero-order valence-corrected chi connectivity index (χ0v) is 21.2. The fraction of sp³-hybridized carbons (Fsp3) is 0.250. The summed E-state index contributed by atoms with van der Waals surface area (Å²) in [6, 6.07) is 8.29. The molecule has 0 saturated carbocycles. The van der Waals surface area contributed by atoms with Gasteiger partial charge in [0.1, 0.15) is 4.90 Å². The minimum atomic E-state index is -3.68. The fourth-order valence-corrected chi connectivity index (χ4v) is 5.61. The van der Waals surface area contributed by atoms with Gasteiger partial charge in [0, 0.05) is 55.0 Å². The van der Waals surface area contributed by atoms with Crippen LogP contribution in [0.5, 0.6) is 0 Å². The van der Waals surface area contributed by atoms with Crippen molar-refractivity contribution < 1.29 is 21.8 Å². The molecule has 2 N–H and O–H groups in total. The number of non-ortho nitro benzene ring substituents is 1. The minimum Gasteiger partial charge on any atom is -0.399 e. The second-order valence-electron chi connectivity index (χ2n) is 6.14. The third-order valence-corrected chi connectivity index (χ3v) is 9.22. The molecule has 0 aromatic heterocycles. The molecule has 2 aromatic rings. The second-order valence-corrected chi connectivity index (χ2v) is 12.1. The van der Waals surface area contributed by atoms with Crippen LogP contribution >= 0.6 is 31.9 Å². The van der Waals surface area contributed by atoms with Crippen LogP contribution in [0, 0.1) is 10.1 Å². The normalized spacial score (nSPS) is 11.9. The van der Waals surface area contributed by atoms with Gasteiger partial charge in [0.25, 0.3) is 5.69 Å². The molecule has 14 heteroatoms. The highest BCUT2D eigenvalue weighted by molar-refractivity contribution is 9.10. The van der Waals surface area contributed by atoms with E-state index in [1.807, 2.05) is 0 Å². The predicted molar refractivity (Wildman–Crippen MR) is 121 cm³/mol. The molecule has 2 aromatic carbocycles. The first kappa shape index (κ1) is 26.5. The zero-order chi connectivity index (χ0) is 23.4. The van der Waals surface area contributed by atoms with Gasteiger partial charge in [-0.1, -0.05) is 0 Å². The summed E-state index contributed by atoms with van der Waals surface area (Å²) in [4.78, 5) is 9.97. The molecule has 166 valence electrons. The molecule has 0 atom stereocenters. The standard InChI is InChI=1S/C8H9BrN2O4S.C8H11BrN2O2S/c1-10(2)16(14,15)8-5-6(11(12)13)3-4-7(8)9;1-11(2)14(12,13)8-5-6(10)3-4-7(8)9/h3-5H,1-2H3;3-5H,10H2,1-2H3. The Balaban J connectivity index is 0.000000303. The Bertz CT molecular complexity index is 1150. The summed E-state index contributed by atoms with van der Waals surface area (Å²) in [6.07, 6.45) is 0. The van der Waals surface area contributed by atoms with Crippen LogP contribution in [-0.4, -0.2) is 58.6 Å². The summed E-state index contributed by atoms with van der Waals surface area (Å²) >= 11 is 6.23. The Morgan fingerprint density at radius 3 is 1.63 bits per heavy atom. The Labute approximate surface area is 192 Å². The highest BCUT2D eigenvalue weighted by Crippen LogP contribution is 2.28. The number of anilines is 1. The second kappa shape index (κ2) is 10.2. The smallest absolute Gasteiger partial charge is 0.270 e. The summed E-state index contributed by atoms with van der Waals surface area (Å²) in [7, 11) is -1.43. The van der Waals surface area contributed by atoms with Gasteiger partial charge in [-0.15, -0.1) is 0 Å². The number of nitrogens with two attached hydrogens (primary N) is 1. The van der Waals surface area contributed by atoms with E-state index in [1.54, 1.807) is 12.1 Å². The summed E-state index contributed by atoms with van der Waals surface area (Å²) in [6.45, 7) is 0. The lowest BCUT2D eigenvalue weighted by molar-refractivity contribution is -0.385. The number of hydrogen-bond acceptors (Lipinski definition) is 7. The number of nitro benzene ring substituents is 1. The van der Waals surface area contributed by atoms with E-state index in [0.717, 1.165) is 14.7 Å². The third-order valence-electron chi connectivity index (χ3n) is 3.60. The van der Waals surface area contributed by atoms with E-state index in [0.29, 0.717) is 14.6 Å². The van der Waals surface area contributed by atoms with Gasteiger partial charge < -0.3 is 5.73 Å². The molecule has 0 spiro atoms. The van der Waals surface area contributed by atoms with Gasteiger partial charge >= 0.3 is 0 Å². The van der Waals surface area contributed by atoms with Crippen molar-refractivity contribution in [1.29, 1.82) is 0 Å². The van der Waals surface area contributed by atoms with Gasteiger partial charge in [0.2, 0.25) is 20.0 Å². The van der Waals surface area contributed by atoms with E-state index in [2.05, 4.69) is 31.9 Å². The van der Waals surface area contributed by atoms with E-state index in [9.17, 15) is 26.9 Å². The largest absolute Gasteiger partial charge is 0.399 e. The quantitative estimate of drug-likeness (QED) is 0.322. The van der Waals surface area contributed by atoms with E-state index in [-0.39, 0.29) is 15.5 Å². The van der Waals surface area contributed by atoms with Crippen molar-refractivity contribution in [3.63, 3.8) is 0 Å². The number of hydrogen-bond donors (Lipinski definition) is 1. The molecule has 30 heavy (non-hydrogen) atoms. The maximum Gasteiger partial charge on any atom is 0.270 e. The van der Waals surface area contributed by atoms with Crippen molar-refractivity contribution in [2.45, 2.75) is 9.79 Å². The lowest BCUT2D eigenvalue weighted by Gasteiger charge is -2.12. The molecule has 0 heterocycles. The number of benzene rings is 2. The van der Waals surface area contributed by atoms with Crippen molar-refractivity contribution in [2.75, 3.05) is 33.9 Å². The Hall–Kier alpha value is -1.58. The molecule has 0 radical (unpaired) electrons. The average molecular weight is 588 g/mol. The predicted octanol–water partition coefficient (Wildman–Crippen LogP) is 2.89. The maximum atomic E-state index is 11.8. The van der Waals surface area contributed by atoms with Crippen molar-refractivity contribution in [1.82, 2.24) is 8.61 Å². The lowest BCUT2D eigenvalue weighted by atomic mass is 10.3. The first-order valence-electron chi connectivity index (χ1n) is 7.96. The number of nitro groups is 1. The monoisotopic (exact) mass is 586 g/mol. The first-order chi connectivity index (χ1) is 13.6. The van der Waals surface area contributed by atoms with Crippen LogP contribution in [0.1, 0.15) is 0 Å². The van der Waals surface area contributed by atoms with E-state index in [4.69, 9.17) is 5.73 Å². The molecular weight excluding hydrogens is 568 g/mol. The number of halogens is 2. The number of rotatable bonds is 5. The summed E-state index contributed by atoms with van der Waals surface area (Å²) in [5.74, 6) is 0. The van der Waals surface area contributed by atoms with Gasteiger partial charge in [-0.3, -0.25) is 10.1 Å². The average Bonchev–Trinajstić information content (AvgIpc) is 2.63. The van der Waals surface area contributed by atoms with Crippen LogP contribution in [0.2, 0.25) is 0 Å². The lowest BCUT2D eigenvalue weighted by Crippen LogP contribution is -2.22. The highest BCUT2D eigenvalue weighted by atomic mass is 79.9. The molecule has 10 nitrogen and oxygen atoms in total. The van der Waals surface area contributed by atoms with Crippen LogP contribution in [-0.2, 0) is 20.0 Å². The molecule has 0 unspecified atom stereocenters. The maximum absolute atomic E-state index is 11.8. The Morgan fingerprint density at radius 2 is 1.23 bits per heavy atom. The van der Waals surface area contributed by atoms with Gasteiger partial charge in [-0.25, -0.2) is 25.4 Å². The molecule has 0 amide bonds. The molecule has 0 aliphatic carbocycles. The van der Waals surface area contributed by atoms with Gasteiger partial charge in [-0.2, -0.15) is 0 Å². The SMILES string of the molecule is CN(C)S(=O)(=O)c1cc(N)ccc1Br.CN(C)S(=O)(=O)c1cc([N+](=O)[O-])ccc1Br. The van der Waals surface area contributed by atoms with E-state index in [1.165, 1.54) is 46.4 Å². The van der Waals surface area contributed by atoms with Crippen LogP contribution < -0.4 is 5.73 Å². The minimum absolute atomic E-state index is 0.119. The van der Waals surface area contributed by atoms with Crippen molar-refractivity contribution >= 4 is 63.3 Å². The van der Waals surface area contributed by atoms with Crippen molar-refractivity contribution in [3.8, 4) is 0 Å². The van der Waals surface area contributed by atoms with Crippen molar-refractivity contribution in [2.24, 2.45) is 0 Å². The number of nitrogens with zero attached hydrogens (tertiary/aromatic N) is 3.